The monoisotopic (exact) mass is 190 g/mol. The van der Waals surface area contributed by atoms with Gasteiger partial charge in [-0.1, -0.05) is 6.08 Å². The zero-order valence-electron chi connectivity index (χ0n) is 6.65. The van der Waals surface area contributed by atoms with E-state index in [-0.39, 0.29) is 5.57 Å². The molecule has 0 aliphatic rings. The Balaban J connectivity index is 3.91. The predicted octanol–water partition coefficient (Wildman–Crippen LogP) is 0.479. The van der Waals surface area contributed by atoms with Crippen molar-refractivity contribution in [3.63, 3.8) is 0 Å². The summed E-state index contributed by atoms with van der Waals surface area (Å²) in [6.07, 6.45) is 2.28. The van der Waals surface area contributed by atoms with Gasteiger partial charge in [-0.05, 0) is 19.8 Å². The molecule has 68 valence electrons. The Kier molecular flexibility index (Phi) is 5.03. The summed E-state index contributed by atoms with van der Waals surface area (Å²) in [7, 11) is -2.14. The molecule has 0 saturated carbocycles. The van der Waals surface area contributed by atoms with Crippen LogP contribution in [-0.2, 0) is 15.1 Å². The first kappa shape index (κ1) is 10.9. The number of hydrogen-bond acceptors (Lipinski definition) is 3. The molecule has 0 aromatic carbocycles. The van der Waals surface area contributed by atoms with Crippen molar-refractivity contribution in [2.45, 2.75) is 19.8 Å². The molecule has 12 heavy (non-hydrogen) atoms. The maximum atomic E-state index is 10.2. The van der Waals surface area contributed by atoms with E-state index in [1.165, 1.54) is 13.0 Å². The van der Waals surface area contributed by atoms with Crippen LogP contribution < -0.4 is 0 Å². The SMILES string of the molecule is CC(=CCCC=S(=O)=O)C(=O)O. The van der Waals surface area contributed by atoms with Crippen LogP contribution in [0, 0.1) is 0 Å². The van der Waals surface area contributed by atoms with Crippen LogP contribution in [0.25, 0.3) is 0 Å². The Morgan fingerprint density at radius 2 is 2.00 bits per heavy atom. The van der Waals surface area contributed by atoms with Gasteiger partial charge in [0.15, 0.2) is 0 Å². The molecular formula is C7H10O4S. The van der Waals surface area contributed by atoms with Crippen LogP contribution in [0.5, 0.6) is 0 Å². The maximum absolute atomic E-state index is 10.2. The number of aliphatic carboxylic acids is 1. The largest absolute Gasteiger partial charge is 0.478 e. The molecule has 4 nitrogen and oxygen atoms in total. The number of hydrogen-bond donors (Lipinski definition) is 1. The van der Waals surface area contributed by atoms with Crippen LogP contribution in [0.4, 0.5) is 0 Å². The van der Waals surface area contributed by atoms with Gasteiger partial charge < -0.3 is 5.11 Å². The molecule has 0 unspecified atom stereocenters. The van der Waals surface area contributed by atoms with Crippen molar-refractivity contribution >= 4 is 21.6 Å². The number of rotatable bonds is 4. The first-order valence-electron chi connectivity index (χ1n) is 3.35. The smallest absolute Gasteiger partial charge is 0.330 e. The summed E-state index contributed by atoms with van der Waals surface area (Å²) < 4.78 is 20.0. The highest BCUT2D eigenvalue weighted by molar-refractivity contribution is 7.71. The summed E-state index contributed by atoms with van der Waals surface area (Å²) in [5.74, 6) is -0.974. The Hall–Kier alpha value is -1.10. The summed E-state index contributed by atoms with van der Waals surface area (Å²) >= 11 is 0. The van der Waals surface area contributed by atoms with Crippen molar-refractivity contribution in [3.05, 3.63) is 11.6 Å². The average Bonchev–Trinajstić information content (AvgIpc) is 1.97. The molecule has 5 heteroatoms. The van der Waals surface area contributed by atoms with E-state index in [4.69, 9.17) is 5.11 Å². The molecule has 0 aromatic heterocycles. The van der Waals surface area contributed by atoms with Crippen molar-refractivity contribution in [3.8, 4) is 0 Å². The summed E-state index contributed by atoms with van der Waals surface area (Å²) in [6, 6.07) is 0. The lowest BCUT2D eigenvalue weighted by Gasteiger charge is -1.89. The van der Waals surface area contributed by atoms with Gasteiger partial charge in [0, 0.05) is 10.9 Å². The zero-order valence-corrected chi connectivity index (χ0v) is 7.47. The van der Waals surface area contributed by atoms with E-state index >= 15 is 0 Å². The quantitative estimate of drug-likeness (QED) is 0.397. The molecule has 0 saturated heterocycles. The van der Waals surface area contributed by atoms with E-state index < -0.39 is 16.3 Å². The number of carboxylic acids is 1. The molecule has 0 bridgehead atoms. The van der Waals surface area contributed by atoms with Crippen LogP contribution in [0.2, 0.25) is 0 Å². The molecular weight excluding hydrogens is 180 g/mol. The second kappa shape index (κ2) is 5.54. The number of unbranched alkanes of at least 4 members (excludes halogenated alkanes) is 1. The van der Waals surface area contributed by atoms with Crippen molar-refractivity contribution in [1.82, 2.24) is 0 Å². The van der Waals surface area contributed by atoms with E-state index in [9.17, 15) is 13.2 Å². The van der Waals surface area contributed by atoms with Crippen molar-refractivity contribution in [2.24, 2.45) is 0 Å². The van der Waals surface area contributed by atoms with Gasteiger partial charge in [0.05, 0.1) is 0 Å². The lowest BCUT2D eigenvalue weighted by molar-refractivity contribution is -0.132. The van der Waals surface area contributed by atoms with E-state index in [1.54, 1.807) is 0 Å². The molecule has 0 radical (unpaired) electrons. The van der Waals surface area contributed by atoms with Crippen LogP contribution in [-0.4, -0.2) is 24.9 Å². The molecule has 0 aromatic rings. The number of carboxylic acid groups (broad SMARTS) is 1. The minimum Gasteiger partial charge on any atom is -0.478 e. The van der Waals surface area contributed by atoms with Crippen molar-refractivity contribution < 1.29 is 18.3 Å². The zero-order chi connectivity index (χ0) is 9.56. The van der Waals surface area contributed by atoms with Crippen molar-refractivity contribution in [2.75, 3.05) is 0 Å². The fourth-order valence-electron chi connectivity index (χ4n) is 0.551. The van der Waals surface area contributed by atoms with Crippen molar-refractivity contribution in [1.29, 1.82) is 0 Å². The second-order valence-electron chi connectivity index (χ2n) is 2.20. The highest BCUT2D eigenvalue weighted by Crippen LogP contribution is 1.96. The molecule has 0 spiro atoms. The summed E-state index contributed by atoms with van der Waals surface area (Å²) in [4.78, 5) is 10.2. The third-order valence-corrected chi connectivity index (χ3v) is 1.72. The normalized spacial score (nSPS) is 10.9. The Bertz CT molecular complexity index is 302. The van der Waals surface area contributed by atoms with Gasteiger partial charge in [-0.2, -0.15) is 8.42 Å². The number of allylic oxidation sites excluding steroid dienone is 1. The van der Waals surface area contributed by atoms with Gasteiger partial charge in [0.25, 0.3) is 0 Å². The van der Waals surface area contributed by atoms with Crippen LogP contribution in [0.3, 0.4) is 0 Å². The molecule has 0 fully saturated rings. The van der Waals surface area contributed by atoms with Gasteiger partial charge in [-0.3, -0.25) is 0 Å². The van der Waals surface area contributed by atoms with Gasteiger partial charge in [-0.25, -0.2) is 4.79 Å². The van der Waals surface area contributed by atoms with Gasteiger partial charge >= 0.3 is 5.97 Å². The molecule has 0 rings (SSSR count). The average molecular weight is 190 g/mol. The van der Waals surface area contributed by atoms with Crippen LogP contribution >= 0.6 is 0 Å². The second-order valence-corrected chi connectivity index (χ2v) is 3.05. The highest BCUT2D eigenvalue weighted by atomic mass is 32.2. The Labute approximate surface area is 72.1 Å². The van der Waals surface area contributed by atoms with Gasteiger partial charge in [0.1, 0.15) is 0 Å². The first-order valence-corrected chi connectivity index (χ1v) is 4.49. The molecule has 0 amide bonds. The fraction of sp³-hybridized carbons (Fsp3) is 0.429. The molecule has 1 N–H and O–H groups in total. The van der Waals surface area contributed by atoms with E-state index in [1.807, 2.05) is 0 Å². The predicted molar refractivity (Wildman–Crippen MR) is 45.6 cm³/mol. The Morgan fingerprint density at radius 3 is 2.42 bits per heavy atom. The van der Waals surface area contributed by atoms with Gasteiger partial charge in [-0.15, -0.1) is 0 Å². The standard InChI is InChI=1S/C7H10O4S/c1-6(7(8)9)4-2-3-5-12(10)11/h4-5H,2-3H2,1H3,(H,8,9). The van der Waals surface area contributed by atoms with Crippen LogP contribution in [0.15, 0.2) is 11.6 Å². The minimum atomic E-state index is -2.14. The molecule has 0 aliphatic heterocycles. The highest BCUT2D eigenvalue weighted by Gasteiger charge is 1.96. The van der Waals surface area contributed by atoms with Crippen LogP contribution in [0.1, 0.15) is 19.8 Å². The third-order valence-electron chi connectivity index (χ3n) is 1.21. The topological polar surface area (TPSA) is 71.4 Å². The lowest BCUT2D eigenvalue weighted by atomic mass is 10.2. The lowest BCUT2D eigenvalue weighted by Crippen LogP contribution is -1.95. The van der Waals surface area contributed by atoms with Gasteiger partial charge in [0.2, 0.25) is 10.3 Å². The molecule has 0 aliphatic carbocycles. The Morgan fingerprint density at radius 1 is 1.42 bits per heavy atom. The summed E-state index contributed by atoms with van der Waals surface area (Å²) in [5.41, 5.74) is 0.236. The summed E-state index contributed by atoms with van der Waals surface area (Å²) in [5, 5.41) is 9.49. The molecule has 0 atom stereocenters. The minimum absolute atomic E-state index is 0.236. The van der Waals surface area contributed by atoms with E-state index in [0.29, 0.717) is 12.8 Å². The molecule has 0 heterocycles. The maximum Gasteiger partial charge on any atom is 0.330 e. The first-order chi connectivity index (χ1) is 5.54. The van der Waals surface area contributed by atoms with E-state index in [2.05, 4.69) is 0 Å². The third kappa shape index (κ3) is 5.67. The number of carbonyl (C=O) groups is 1. The summed E-state index contributed by atoms with van der Waals surface area (Å²) in [6.45, 7) is 1.47. The fourth-order valence-corrected chi connectivity index (χ4v) is 0.880. The van der Waals surface area contributed by atoms with E-state index in [0.717, 1.165) is 5.37 Å².